The molecule has 0 bridgehead atoms. The van der Waals surface area contributed by atoms with Gasteiger partial charge < -0.3 is 11.1 Å². The smallest absolute Gasteiger partial charge is 0.107 e. The van der Waals surface area contributed by atoms with Gasteiger partial charge >= 0.3 is 0 Å². The van der Waals surface area contributed by atoms with Crippen LogP contribution in [0.1, 0.15) is 39.2 Å². The highest BCUT2D eigenvalue weighted by atomic mass is 32.2. The number of benzene rings is 1. The predicted molar refractivity (Wildman–Crippen MR) is 93.7 cm³/mol. The van der Waals surface area contributed by atoms with Crippen LogP contribution in [0.4, 0.5) is 5.69 Å². The number of hydrogen-bond donors (Lipinski definition) is 2. The molecule has 4 heteroatoms. The SMILES string of the molecule is CCSc1cccc(NC2CCC(C)C2C)c1C(N)=S. The zero-order chi connectivity index (χ0) is 14.7. The molecule has 3 atom stereocenters. The summed E-state index contributed by atoms with van der Waals surface area (Å²) in [6, 6.07) is 6.82. The summed E-state index contributed by atoms with van der Waals surface area (Å²) in [6.45, 7) is 6.82. The Morgan fingerprint density at radius 3 is 2.70 bits per heavy atom. The highest BCUT2D eigenvalue weighted by Gasteiger charge is 2.30. The van der Waals surface area contributed by atoms with Crippen LogP contribution in [0.25, 0.3) is 0 Å². The number of thiocarbonyl (C=S) groups is 1. The zero-order valence-corrected chi connectivity index (χ0v) is 14.1. The summed E-state index contributed by atoms with van der Waals surface area (Å²) in [4.78, 5) is 1.67. The van der Waals surface area contributed by atoms with E-state index in [-0.39, 0.29) is 0 Å². The second-order valence-corrected chi connectivity index (χ2v) is 7.39. The summed E-state index contributed by atoms with van der Waals surface area (Å²) in [5.74, 6) is 2.50. The van der Waals surface area contributed by atoms with E-state index in [0.717, 1.165) is 22.9 Å². The maximum Gasteiger partial charge on any atom is 0.107 e. The molecule has 1 saturated carbocycles. The summed E-state index contributed by atoms with van der Waals surface area (Å²) in [7, 11) is 0. The Kier molecular flexibility index (Phi) is 5.33. The van der Waals surface area contributed by atoms with Gasteiger partial charge in [0.25, 0.3) is 0 Å². The minimum absolute atomic E-state index is 0.489. The summed E-state index contributed by atoms with van der Waals surface area (Å²) in [5, 5.41) is 3.69. The predicted octanol–water partition coefficient (Wildman–Crippen LogP) is 4.28. The van der Waals surface area contributed by atoms with E-state index in [1.165, 1.54) is 17.7 Å². The van der Waals surface area contributed by atoms with Crippen molar-refractivity contribution in [2.24, 2.45) is 17.6 Å². The number of thioether (sulfide) groups is 1. The third-order valence-corrected chi connectivity index (χ3v) is 5.52. The molecule has 0 aliphatic heterocycles. The fraction of sp³-hybridized carbons (Fsp3) is 0.562. The number of nitrogens with one attached hydrogen (secondary N) is 1. The van der Waals surface area contributed by atoms with Gasteiger partial charge in [-0.2, -0.15) is 0 Å². The highest BCUT2D eigenvalue weighted by Crippen LogP contribution is 2.35. The Morgan fingerprint density at radius 2 is 2.15 bits per heavy atom. The molecule has 0 aromatic heterocycles. The van der Waals surface area contributed by atoms with Gasteiger partial charge in [0.05, 0.1) is 0 Å². The van der Waals surface area contributed by atoms with Crippen molar-refractivity contribution in [3.8, 4) is 0 Å². The van der Waals surface area contributed by atoms with Gasteiger partial charge in [0.15, 0.2) is 0 Å². The molecule has 0 spiro atoms. The minimum atomic E-state index is 0.489. The van der Waals surface area contributed by atoms with E-state index in [2.05, 4.69) is 44.3 Å². The average molecular weight is 309 g/mol. The number of rotatable bonds is 5. The molecule has 0 radical (unpaired) electrons. The quantitative estimate of drug-likeness (QED) is 0.629. The molecule has 20 heavy (non-hydrogen) atoms. The first-order chi connectivity index (χ1) is 9.54. The van der Waals surface area contributed by atoms with Gasteiger partial charge in [0.1, 0.15) is 4.99 Å². The van der Waals surface area contributed by atoms with E-state index < -0.39 is 0 Å². The molecule has 2 nitrogen and oxygen atoms in total. The van der Waals surface area contributed by atoms with Crippen molar-refractivity contribution in [2.75, 3.05) is 11.1 Å². The first-order valence-electron chi connectivity index (χ1n) is 7.36. The van der Waals surface area contributed by atoms with Crippen molar-refractivity contribution in [3.05, 3.63) is 23.8 Å². The van der Waals surface area contributed by atoms with Gasteiger partial charge in [-0.3, -0.25) is 0 Å². The van der Waals surface area contributed by atoms with Gasteiger partial charge in [-0.25, -0.2) is 0 Å². The van der Waals surface area contributed by atoms with Crippen molar-refractivity contribution in [3.63, 3.8) is 0 Å². The maximum atomic E-state index is 5.96. The molecule has 110 valence electrons. The normalized spacial score (nSPS) is 25.6. The Balaban J connectivity index is 2.27. The molecular formula is C16H24N2S2. The van der Waals surface area contributed by atoms with Crippen molar-refractivity contribution in [2.45, 2.75) is 44.6 Å². The molecule has 1 aromatic rings. The lowest BCUT2D eigenvalue weighted by Crippen LogP contribution is -2.26. The van der Waals surface area contributed by atoms with E-state index in [0.29, 0.717) is 16.9 Å². The van der Waals surface area contributed by atoms with Crippen LogP contribution in [-0.2, 0) is 0 Å². The molecule has 0 saturated heterocycles. The lowest BCUT2D eigenvalue weighted by Gasteiger charge is -2.23. The minimum Gasteiger partial charge on any atom is -0.389 e. The molecular weight excluding hydrogens is 284 g/mol. The topological polar surface area (TPSA) is 38.0 Å². The molecule has 1 aliphatic rings. The van der Waals surface area contributed by atoms with E-state index in [1.54, 1.807) is 11.8 Å². The third-order valence-electron chi connectivity index (χ3n) is 4.38. The summed E-state index contributed by atoms with van der Waals surface area (Å²) in [6.07, 6.45) is 2.52. The lowest BCUT2D eigenvalue weighted by atomic mass is 9.97. The van der Waals surface area contributed by atoms with Crippen LogP contribution in [0.3, 0.4) is 0 Å². The highest BCUT2D eigenvalue weighted by molar-refractivity contribution is 7.99. The molecule has 1 aromatic carbocycles. The van der Waals surface area contributed by atoms with Crippen LogP contribution in [0.5, 0.6) is 0 Å². The van der Waals surface area contributed by atoms with Crippen molar-refractivity contribution >= 4 is 34.7 Å². The first-order valence-corrected chi connectivity index (χ1v) is 8.76. The van der Waals surface area contributed by atoms with Crippen LogP contribution < -0.4 is 11.1 Å². The monoisotopic (exact) mass is 308 g/mol. The maximum absolute atomic E-state index is 5.96. The molecule has 3 unspecified atom stereocenters. The van der Waals surface area contributed by atoms with Crippen LogP contribution in [0.2, 0.25) is 0 Å². The fourth-order valence-electron chi connectivity index (χ4n) is 2.95. The van der Waals surface area contributed by atoms with Gasteiger partial charge in [0, 0.05) is 22.2 Å². The molecule has 0 heterocycles. The Bertz CT molecular complexity index is 487. The van der Waals surface area contributed by atoms with Crippen LogP contribution in [-0.4, -0.2) is 16.8 Å². The average Bonchev–Trinajstić information content (AvgIpc) is 2.71. The Morgan fingerprint density at radius 1 is 1.40 bits per heavy atom. The van der Waals surface area contributed by atoms with Crippen LogP contribution >= 0.6 is 24.0 Å². The van der Waals surface area contributed by atoms with Crippen LogP contribution in [0.15, 0.2) is 23.1 Å². The largest absolute Gasteiger partial charge is 0.389 e. The third kappa shape index (κ3) is 3.29. The Hall–Kier alpha value is -0.740. The lowest BCUT2D eigenvalue weighted by molar-refractivity contribution is 0.435. The van der Waals surface area contributed by atoms with Crippen molar-refractivity contribution in [1.82, 2.24) is 0 Å². The fourth-order valence-corrected chi connectivity index (χ4v) is 4.08. The van der Waals surface area contributed by atoms with Crippen molar-refractivity contribution in [1.29, 1.82) is 0 Å². The second-order valence-electron chi connectivity index (χ2n) is 5.64. The second kappa shape index (κ2) is 6.81. The first kappa shape index (κ1) is 15.6. The standard InChI is InChI=1S/C16H24N2S2/c1-4-20-14-7-5-6-13(15(14)16(17)19)18-12-9-8-10(2)11(12)3/h5-7,10-12,18H,4,8-9H2,1-3H3,(H2,17,19). The summed E-state index contributed by atoms with van der Waals surface area (Å²) < 4.78 is 0. The van der Waals surface area contributed by atoms with Gasteiger partial charge in [-0.05, 0) is 42.6 Å². The van der Waals surface area contributed by atoms with E-state index >= 15 is 0 Å². The van der Waals surface area contributed by atoms with Gasteiger partial charge in [0.2, 0.25) is 0 Å². The molecule has 3 N–H and O–H groups in total. The zero-order valence-electron chi connectivity index (χ0n) is 12.5. The summed E-state index contributed by atoms with van der Waals surface area (Å²) >= 11 is 7.07. The molecule has 1 aliphatic carbocycles. The van der Waals surface area contributed by atoms with Crippen molar-refractivity contribution < 1.29 is 0 Å². The molecule has 0 amide bonds. The van der Waals surface area contributed by atoms with E-state index in [4.69, 9.17) is 18.0 Å². The van der Waals surface area contributed by atoms with Gasteiger partial charge in [-0.1, -0.05) is 39.1 Å². The number of anilines is 1. The number of hydrogen-bond acceptors (Lipinski definition) is 3. The number of nitrogens with two attached hydrogens (primary N) is 1. The van der Waals surface area contributed by atoms with E-state index in [9.17, 15) is 0 Å². The molecule has 1 fully saturated rings. The Labute approximate surface area is 131 Å². The molecule has 2 rings (SSSR count). The van der Waals surface area contributed by atoms with Crippen LogP contribution in [0, 0.1) is 11.8 Å². The van der Waals surface area contributed by atoms with E-state index in [1.807, 2.05) is 0 Å². The summed E-state index contributed by atoms with van der Waals surface area (Å²) in [5.41, 5.74) is 8.07. The van der Waals surface area contributed by atoms with Gasteiger partial charge in [-0.15, -0.1) is 11.8 Å².